The van der Waals surface area contributed by atoms with E-state index in [9.17, 15) is 0 Å². The van der Waals surface area contributed by atoms with Crippen molar-refractivity contribution in [3.05, 3.63) is 89.3 Å². The molecule has 4 heteroatoms. The summed E-state index contributed by atoms with van der Waals surface area (Å²) in [4.78, 5) is 0. The van der Waals surface area contributed by atoms with Gasteiger partial charge in [-0.05, 0) is 48.5 Å². The second kappa shape index (κ2) is 5.67. The highest BCUT2D eigenvalue weighted by molar-refractivity contribution is 9.10. The second-order valence-corrected chi connectivity index (χ2v) is 6.90. The maximum absolute atomic E-state index is 5.41. The van der Waals surface area contributed by atoms with Gasteiger partial charge in [-0.1, -0.05) is 34.1 Å². The first-order valence-electron chi connectivity index (χ1n) is 8.06. The minimum absolute atomic E-state index is 0.344. The molecule has 3 aromatic carbocycles. The molecule has 3 nitrogen and oxygen atoms in total. The Bertz CT molecular complexity index is 1100. The number of nitrogens with zero attached hydrogens (tertiary/aromatic N) is 1. The van der Waals surface area contributed by atoms with Crippen molar-refractivity contribution in [2.45, 2.75) is 6.29 Å². The highest BCUT2D eigenvalue weighted by atomic mass is 79.9. The molecule has 0 N–H and O–H groups in total. The maximum Gasteiger partial charge on any atom is 0.266 e. The number of halogens is 1. The lowest BCUT2D eigenvalue weighted by Gasteiger charge is -2.12. The minimum Gasteiger partial charge on any atom is -0.455 e. The number of benzene rings is 3. The van der Waals surface area contributed by atoms with Crippen LogP contribution in [0.25, 0.3) is 27.5 Å². The lowest BCUT2D eigenvalue weighted by atomic mass is 10.2. The molecule has 0 bridgehead atoms. The Hall–Kier alpha value is -2.72. The van der Waals surface area contributed by atoms with Crippen LogP contribution in [0.15, 0.2) is 83.7 Å². The molecule has 2 heterocycles. The average Bonchev–Trinajstić information content (AvgIpc) is 3.28. The van der Waals surface area contributed by atoms with Gasteiger partial charge in [-0.15, -0.1) is 0 Å². The summed E-state index contributed by atoms with van der Waals surface area (Å²) in [6, 6.07) is 23.2. The van der Waals surface area contributed by atoms with E-state index >= 15 is 0 Å². The highest BCUT2D eigenvalue weighted by Crippen LogP contribution is 2.34. The van der Waals surface area contributed by atoms with E-state index in [1.165, 1.54) is 21.8 Å². The van der Waals surface area contributed by atoms with Crippen LogP contribution in [0.2, 0.25) is 0 Å². The average molecular weight is 392 g/mol. The third kappa shape index (κ3) is 2.33. The molecule has 0 radical (unpaired) electrons. The van der Waals surface area contributed by atoms with Gasteiger partial charge in [0.2, 0.25) is 0 Å². The van der Waals surface area contributed by atoms with Crippen molar-refractivity contribution in [2.75, 3.05) is 0 Å². The Morgan fingerprint density at radius 3 is 2.28 bits per heavy atom. The minimum atomic E-state index is -0.344. The molecule has 122 valence electrons. The summed E-state index contributed by atoms with van der Waals surface area (Å²) in [6.45, 7) is 0. The van der Waals surface area contributed by atoms with E-state index in [4.69, 9.17) is 9.47 Å². The van der Waals surface area contributed by atoms with Crippen LogP contribution in [0.5, 0.6) is 0 Å². The molecule has 25 heavy (non-hydrogen) atoms. The molecule has 0 saturated carbocycles. The first-order chi connectivity index (χ1) is 12.3. The molecule has 5 rings (SSSR count). The topological polar surface area (TPSA) is 23.4 Å². The summed E-state index contributed by atoms with van der Waals surface area (Å²) in [6.07, 6.45) is 2.80. The van der Waals surface area contributed by atoms with E-state index in [0.717, 1.165) is 15.7 Å². The first kappa shape index (κ1) is 14.6. The number of fused-ring (bicyclic) bond motifs is 3. The summed E-state index contributed by atoms with van der Waals surface area (Å²) in [5, 5.41) is 2.48. The molecule has 0 fully saturated rings. The summed E-state index contributed by atoms with van der Waals surface area (Å²) < 4.78 is 14.2. The van der Waals surface area contributed by atoms with Crippen molar-refractivity contribution < 1.29 is 9.47 Å². The fraction of sp³-hybridized carbons (Fsp3) is 0.0476. The molecular formula is C21H14BrNO2. The maximum atomic E-state index is 5.41. The zero-order valence-corrected chi connectivity index (χ0v) is 14.8. The van der Waals surface area contributed by atoms with Crippen LogP contribution in [0.1, 0.15) is 11.9 Å². The highest BCUT2D eigenvalue weighted by Gasteiger charge is 2.16. The predicted octanol–water partition coefficient (Wildman–Crippen LogP) is 6.06. The Labute approximate surface area is 153 Å². The Kier molecular flexibility index (Phi) is 3.31. The summed E-state index contributed by atoms with van der Waals surface area (Å²) in [5.74, 6) is 0. The molecule has 0 amide bonds. The summed E-state index contributed by atoms with van der Waals surface area (Å²) in [5.41, 5.74) is 4.49. The molecule has 1 aliphatic heterocycles. The smallest absolute Gasteiger partial charge is 0.266 e. The van der Waals surface area contributed by atoms with Gasteiger partial charge >= 0.3 is 0 Å². The van der Waals surface area contributed by atoms with Crippen molar-refractivity contribution in [3.8, 4) is 5.69 Å². The molecule has 1 aliphatic rings. The fourth-order valence-electron chi connectivity index (χ4n) is 3.40. The molecule has 0 atom stereocenters. The van der Waals surface area contributed by atoms with E-state index in [1.807, 2.05) is 12.1 Å². The molecule has 0 aliphatic carbocycles. The van der Waals surface area contributed by atoms with Crippen molar-refractivity contribution in [1.29, 1.82) is 0 Å². The van der Waals surface area contributed by atoms with Gasteiger partial charge in [0, 0.05) is 26.5 Å². The molecule has 0 saturated heterocycles. The van der Waals surface area contributed by atoms with E-state index in [-0.39, 0.29) is 6.29 Å². The van der Waals surface area contributed by atoms with Crippen LogP contribution in [0.3, 0.4) is 0 Å². The standard InChI is InChI=1S/C21H14BrNO2/c22-15-7-10-20-18(13-15)17-3-1-2-4-19(17)23(20)16-8-5-14(6-9-16)21-24-11-12-25-21/h1-13,21H. The normalized spacial score (nSPS) is 14.1. The van der Waals surface area contributed by atoms with E-state index < -0.39 is 0 Å². The summed E-state index contributed by atoms with van der Waals surface area (Å²) in [7, 11) is 0. The largest absolute Gasteiger partial charge is 0.455 e. The first-order valence-corrected chi connectivity index (χ1v) is 8.85. The Balaban J connectivity index is 1.71. The van der Waals surface area contributed by atoms with Gasteiger partial charge in [0.1, 0.15) is 12.5 Å². The zero-order chi connectivity index (χ0) is 16.8. The molecule has 0 unspecified atom stereocenters. The predicted molar refractivity (Wildman–Crippen MR) is 103 cm³/mol. The number of hydrogen-bond donors (Lipinski definition) is 0. The van der Waals surface area contributed by atoms with Gasteiger partial charge in [-0.3, -0.25) is 0 Å². The van der Waals surface area contributed by atoms with Crippen molar-refractivity contribution in [1.82, 2.24) is 4.57 Å². The molecule has 1 aromatic heterocycles. The molecule has 0 spiro atoms. The quantitative estimate of drug-likeness (QED) is 0.414. The molecule has 4 aromatic rings. The van der Waals surface area contributed by atoms with Crippen LogP contribution >= 0.6 is 15.9 Å². The lowest BCUT2D eigenvalue weighted by Crippen LogP contribution is -1.99. The molecular weight excluding hydrogens is 378 g/mol. The van der Waals surface area contributed by atoms with Crippen LogP contribution in [0.4, 0.5) is 0 Å². The zero-order valence-electron chi connectivity index (χ0n) is 13.2. The number of rotatable bonds is 2. The SMILES string of the molecule is Brc1ccc2c(c1)c1ccccc1n2-c1ccc(C2OC=CO2)cc1. The fourth-order valence-corrected chi connectivity index (χ4v) is 3.76. The summed E-state index contributed by atoms with van der Waals surface area (Å²) >= 11 is 3.59. The lowest BCUT2D eigenvalue weighted by molar-refractivity contribution is -0.0245. The van der Waals surface area contributed by atoms with E-state index in [2.05, 4.69) is 75.1 Å². The Morgan fingerprint density at radius 1 is 0.760 bits per heavy atom. The van der Waals surface area contributed by atoms with Crippen LogP contribution in [-0.2, 0) is 9.47 Å². The van der Waals surface area contributed by atoms with Gasteiger partial charge in [0.05, 0.1) is 11.0 Å². The van der Waals surface area contributed by atoms with Gasteiger partial charge in [-0.25, -0.2) is 0 Å². The number of para-hydroxylation sites is 1. The van der Waals surface area contributed by atoms with Crippen LogP contribution in [-0.4, -0.2) is 4.57 Å². The Morgan fingerprint density at radius 2 is 1.48 bits per heavy atom. The van der Waals surface area contributed by atoms with Crippen LogP contribution < -0.4 is 0 Å². The van der Waals surface area contributed by atoms with E-state index in [0.29, 0.717) is 0 Å². The van der Waals surface area contributed by atoms with Gasteiger partial charge < -0.3 is 14.0 Å². The van der Waals surface area contributed by atoms with E-state index in [1.54, 1.807) is 12.5 Å². The van der Waals surface area contributed by atoms with Gasteiger partial charge in [0.25, 0.3) is 6.29 Å². The number of ether oxygens (including phenoxy) is 2. The number of hydrogen-bond acceptors (Lipinski definition) is 2. The monoisotopic (exact) mass is 391 g/mol. The van der Waals surface area contributed by atoms with Crippen LogP contribution in [0, 0.1) is 0 Å². The third-order valence-corrected chi connectivity index (χ3v) is 5.01. The van der Waals surface area contributed by atoms with Crippen molar-refractivity contribution in [3.63, 3.8) is 0 Å². The van der Waals surface area contributed by atoms with Crippen molar-refractivity contribution >= 4 is 37.7 Å². The van der Waals surface area contributed by atoms with Crippen molar-refractivity contribution in [2.24, 2.45) is 0 Å². The van der Waals surface area contributed by atoms with Gasteiger partial charge in [0.15, 0.2) is 0 Å². The number of aromatic nitrogens is 1. The third-order valence-electron chi connectivity index (χ3n) is 4.52. The second-order valence-electron chi connectivity index (χ2n) is 5.98. The van der Waals surface area contributed by atoms with Gasteiger partial charge in [-0.2, -0.15) is 0 Å².